The first-order valence-electron chi connectivity index (χ1n) is 10.3. The van der Waals surface area contributed by atoms with E-state index in [4.69, 9.17) is 9.47 Å². The molecule has 6 heteroatoms. The Kier molecular flexibility index (Phi) is 6.98. The molecule has 2 aromatic rings. The number of piperidine rings is 1. The van der Waals surface area contributed by atoms with Gasteiger partial charge in [0.2, 0.25) is 0 Å². The molecule has 0 aliphatic carbocycles. The molecule has 1 N–H and O–H groups in total. The quantitative estimate of drug-likeness (QED) is 0.740. The monoisotopic (exact) mass is 410 g/mol. The van der Waals surface area contributed by atoms with Gasteiger partial charge in [-0.3, -0.25) is 4.79 Å². The maximum atomic E-state index is 12.8. The average molecular weight is 411 g/mol. The van der Waals surface area contributed by atoms with Crippen molar-refractivity contribution in [2.24, 2.45) is 0 Å². The summed E-state index contributed by atoms with van der Waals surface area (Å²) in [5.41, 5.74) is 1.36. The molecule has 0 radical (unpaired) electrons. The van der Waals surface area contributed by atoms with Crippen LogP contribution in [0.5, 0.6) is 5.75 Å². The summed E-state index contributed by atoms with van der Waals surface area (Å²) >= 11 is 0. The summed E-state index contributed by atoms with van der Waals surface area (Å²) in [6, 6.07) is 17.4. The number of hydrogen-bond donors (Lipinski definition) is 1. The van der Waals surface area contributed by atoms with Gasteiger partial charge in [-0.1, -0.05) is 42.5 Å². The number of hydrogen-bond acceptors (Lipinski definition) is 4. The van der Waals surface area contributed by atoms with Crippen LogP contribution in [0, 0.1) is 0 Å². The number of ether oxygens (including phenoxy) is 2. The lowest BCUT2D eigenvalue weighted by Crippen LogP contribution is -2.53. The largest absolute Gasteiger partial charge is 0.497 e. The van der Waals surface area contributed by atoms with E-state index in [1.165, 1.54) is 7.11 Å². The predicted octanol–water partition coefficient (Wildman–Crippen LogP) is 3.54. The smallest absolute Gasteiger partial charge is 0.317 e. The first-order chi connectivity index (χ1) is 14.5. The van der Waals surface area contributed by atoms with Gasteiger partial charge in [0.25, 0.3) is 0 Å². The van der Waals surface area contributed by atoms with Crippen LogP contribution >= 0.6 is 0 Å². The van der Waals surface area contributed by atoms with Crippen molar-refractivity contribution >= 4 is 12.0 Å². The molecular weight excluding hydrogens is 380 g/mol. The Morgan fingerprint density at radius 3 is 2.40 bits per heavy atom. The normalized spacial score (nSPS) is 16.4. The lowest BCUT2D eigenvalue weighted by atomic mass is 9.73. The van der Waals surface area contributed by atoms with Crippen molar-refractivity contribution < 1.29 is 19.1 Å². The second kappa shape index (κ2) is 9.65. The second-order valence-electron chi connectivity index (χ2n) is 7.83. The highest BCUT2D eigenvalue weighted by Gasteiger charge is 2.44. The number of likely N-dealkylation sites (tertiary alicyclic amines) is 1. The summed E-state index contributed by atoms with van der Waals surface area (Å²) in [7, 11) is 3.07. The fourth-order valence-corrected chi connectivity index (χ4v) is 4.16. The Bertz CT molecular complexity index is 861. The van der Waals surface area contributed by atoms with E-state index >= 15 is 0 Å². The first-order valence-corrected chi connectivity index (χ1v) is 10.3. The minimum atomic E-state index is -0.695. The predicted molar refractivity (Wildman–Crippen MR) is 116 cm³/mol. The number of nitrogens with one attached hydrogen (secondary N) is 1. The van der Waals surface area contributed by atoms with Crippen molar-refractivity contribution in [2.75, 3.05) is 27.3 Å². The molecule has 3 rings (SSSR count). The molecule has 160 valence electrons. The fraction of sp³-hybridized carbons (Fsp3) is 0.417. The Hall–Kier alpha value is -3.02. The van der Waals surface area contributed by atoms with Crippen LogP contribution in [0.25, 0.3) is 0 Å². The Balaban J connectivity index is 1.60. The van der Waals surface area contributed by atoms with Gasteiger partial charge >= 0.3 is 12.0 Å². The van der Waals surface area contributed by atoms with E-state index in [1.807, 2.05) is 61.5 Å². The second-order valence-corrected chi connectivity index (χ2v) is 7.83. The molecule has 1 fully saturated rings. The van der Waals surface area contributed by atoms with Crippen molar-refractivity contribution in [3.05, 3.63) is 65.7 Å². The van der Waals surface area contributed by atoms with Crippen molar-refractivity contribution in [1.29, 1.82) is 0 Å². The Labute approximate surface area is 178 Å². The maximum absolute atomic E-state index is 12.8. The maximum Gasteiger partial charge on any atom is 0.317 e. The van der Waals surface area contributed by atoms with E-state index in [0.29, 0.717) is 32.4 Å². The molecule has 6 nitrogen and oxygen atoms in total. The molecule has 0 saturated carbocycles. The first kappa shape index (κ1) is 21.7. The zero-order valence-corrected chi connectivity index (χ0v) is 17.9. The van der Waals surface area contributed by atoms with Crippen LogP contribution < -0.4 is 10.1 Å². The third-order valence-electron chi connectivity index (χ3n) is 5.85. The van der Waals surface area contributed by atoms with Gasteiger partial charge in [0.05, 0.1) is 19.6 Å². The van der Waals surface area contributed by atoms with E-state index < -0.39 is 5.41 Å². The minimum Gasteiger partial charge on any atom is -0.497 e. The third kappa shape index (κ3) is 4.75. The molecule has 1 atom stereocenters. The standard InChI is InChI=1S/C24H30N2O4/c1-18(16-19-8-7-11-21(17-19)29-2)25-23(28)26-14-12-24(13-15-26,22(27)30-3)20-9-5-4-6-10-20/h4-11,17-18H,12-16H2,1-3H3,(H,25,28). The van der Waals surface area contributed by atoms with Gasteiger partial charge in [0.1, 0.15) is 5.75 Å². The van der Waals surface area contributed by atoms with Crippen molar-refractivity contribution in [1.82, 2.24) is 10.2 Å². The lowest BCUT2D eigenvalue weighted by molar-refractivity contribution is -0.149. The van der Waals surface area contributed by atoms with E-state index in [-0.39, 0.29) is 18.0 Å². The summed E-state index contributed by atoms with van der Waals surface area (Å²) < 4.78 is 10.4. The van der Waals surface area contributed by atoms with Gasteiger partial charge in [-0.2, -0.15) is 0 Å². The Morgan fingerprint density at radius 2 is 1.77 bits per heavy atom. The number of rotatable bonds is 6. The third-order valence-corrected chi connectivity index (χ3v) is 5.85. The van der Waals surface area contributed by atoms with Crippen LogP contribution in [0.1, 0.15) is 30.9 Å². The fourth-order valence-electron chi connectivity index (χ4n) is 4.16. The van der Waals surface area contributed by atoms with Crippen molar-refractivity contribution in [3.8, 4) is 5.75 Å². The van der Waals surface area contributed by atoms with Crippen molar-refractivity contribution in [3.63, 3.8) is 0 Å². The summed E-state index contributed by atoms with van der Waals surface area (Å²) in [4.78, 5) is 27.2. The number of methoxy groups -OCH3 is 2. The highest BCUT2D eigenvalue weighted by molar-refractivity contribution is 5.84. The van der Waals surface area contributed by atoms with E-state index in [0.717, 1.165) is 16.9 Å². The van der Waals surface area contributed by atoms with E-state index in [9.17, 15) is 9.59 Å². The number of benzene rings is 2. The van der Waals surface area contributed by atoms with Gasteiger partial charge < -0.3 is 19.7 Å². The van der Waals surface area contributed by atoms with Crippen molar-refractivity contribution in [2.45, 2.75) is 37.6 Å². The molecule has 2 aromatic carbocycles. The average Bonchev–Trinajstić information content (AvgIpc) is 2.79. The highest BCUT2D eigenvalue weighted by atomic mass is 16.5. The summed E-state index contributed by atoms with van der Waals surface area (Å²) in [6.07, 6.45) is 1.80. The van der Waals surface area contributed by atoms with Gasteiger partial charge in [-0.25, -0.2) is 4.79 Å². The van der Waals surface area contributed by atoms with Gasteiger partial charge in [0.15, 0.2) is 0 Å². The van der Waals surface area contributed by atoms with Crippen LogP contribution in [0.4, 0.5) is 4.79 Å². The van der Waals surface area contributed by atoms with Crippen LogP contribution in [0.15, 0.2) is 54.6 Å². The zero-order valence-electron chi connectivity index (χ0n) is 17.9. The number of esters is 1. The molecule has 30 heavy (non-hydrogen) atoms. The van der Waals surface area contributed by atoms with Crippen LogP contribution in [0.3, 0.4) is 0 Å². The summed E-state index contributed by atoms with van der Waals surface area (Å²) in [6.45, 7) is 2.99. The topological polar surface area (TPSA) is 67.9 Å². The molecule has 0 aromatic heterocycles. The number of urea groups is 1. The van der Waals surface area contributed by atoms with Crippen LogP contribution in [0.2, 0.25) is 0 Å². The number of carbonyl (C=O) groups excluding carboxylic acids is 2. The molecule has 2 amide bonds. The van der Waals surface area contributed by atoms with Crippen LogP contribution in [-0.4, -0.2) is 50.3 Å². The molecule has 1 saturated heterocycles. The highest BCUT2D eigenvalue weighted by Crippen LogP contribution is 2.36. The lowest BCUT2D eigenvalue weighted by Gasteiger charge is -2.40. The number of amides is 2. The molecule has 1 heterocycles. The number of carbonyl (C=O) groups is 2. The molecule has 0 bridgehead atoms. The molecule has 1 unspecified atom stereocenters. The summed E-state index contributed by atoms with van der Waals surface area (Å²) in [5.74, 6) is 0.572. The van der Waals surface area contributed by atoms with Crippen LogP contribution in [-0.2, 0) is 21.4 Å². The molecule has 0 spiro atoms. The summed E-state index contributed by atoms with van der Waals surface area (Å²) in [5, 5.41) is 3.08. The van der Waals surface area contributed by atoms with Gasteiger partial charge in [-0.15, -0.1) is 0 Å². The minimum absolute atomic E-state index is 0.0222. The molecular formula is C24H30N2O4. The van der Waals surface area contributed by atoms with Gasteiger partial charge in [-0.05, 0) is 49.4 Å². The molecule has 1 aliphatic heterocycles. The van der Waals surface area contributed by atoms with E-state index in [1.54, 1.807) is 12.0 Å². The zero-order chi connectivity index (χ0) is 21.6. The Morgan fingerprint density at radius 1 is 1.07 bits per heavy atom. The molecule has 1 aliphatic rings. The number of nitrogens with zero attached hydrogens (tertiary/aromatic N) is 1. The van der Waals surface area contributed by atoms with E-state index in [2.05, 4.69) is 5.32 Å². The SMILES string of the molecule is COC(=O)C1(c2ccccc2)CCN(C(=O)NC(C)Cc2cccc(OC)c2)CC1. The van der Waals surface area contributed by atoms with Gasteiger partial charge in [0, 0.05) is 19.1 Å².